The van der Waals surface area contributed by atoms with E-state index in [1.54, 1.807) is 18.2 Å². The van der Waals surface area contributed by atoms with E-state index in [0.717, 1.165) is 0 Å². The van der Waals surface area contributed by atoms with Crippen molar-refractivity contribution in [3.05, 3.63) is 63.8 Å². The Balaban J connectivity index is 1.54. The van der Waals surface area contributed by atoms with Crippen LogP contribution in [0.4, 0.5) is 0 Å². The Hall–Kier alpha value is -2.83. The van der Waals surface area contributed by atoms with Crippen molar-refractivity contribution < 1.29 is 19.1 Å². The predicted octanol–water partition coefficient (Wildman–Crippen LogP) is 3.51. The molecule has 0 aliphatic carbocycles. The lowest BCUT2D eigenvalue weighted by Gasteiger charge is -2.36. The van der Waals surface area contributed by atoms with Crippen LogP contribution in [-0.4, -0.2) is 42.2 Å². The number of fused-ring (bicyclic) bond motifs is 1. The van der Waals surface area contributed by atoms with E-state index >= 15 is 0 Å². The number of carbonyl (C=O) groups is 1. The van der Waals surface area contributed by atoms with Crippen molar-refractivity contribution in [2.45, 2.75) is 0 Å². The molecule has 1 fully saturated rings. The largest absolute Gasteiger partial charge is 0.491 e. The highest BCUT2D eigenvalue weighted by molar-refractivity contribution is 6.34. The molecule has 6 nitrogen and oxygen atoms in total. The molecule has 0 amide bonds. The fourth-order valence-corrected chi connectivity index (χ4v) is 3.48. The fourth-order valence-electron chi connectivity index (χ4n) is 3.26. The lowest BCUT2D eigenvalue weighted by Crippen LogP contribution is -2.51. The van der Waals surface area contributed by atoms with Crippen molar-refractivity contribution >= 4 is 28.5 Å². The van der Waals surface area contributed by atoms with Crippen molar-refractivity contribution in [2.75, 3.05) is 26.2 Å². The first kappa shape index (κ1) is 18.5. The summed E-state index contributed by atoms with van der Waals surface area (Å²) in [7, 11) is 0. The Bertz CT molecular complexity index is 1090. The zero-order valence-corrected chi connectivity index (χ0v) is 15.7. The molecule has 1 N–H and O–H groups in total. The maximum atomic E-state index is 12.5. The minimum absolute atomic E-state index is 0.172. The highest BCUT2D eigenvalue weighted by Gasteiger charge is 2.31. The molecule has 144 valence electrons. The lowest BCUT2D eigenvalue weighted by atomic mass is 10.0. The van der Waals surface area contributed by atoms with E-state index in [1.165, 1.54) is 6.07 Å². The number of carboxylic acids is 1. The summed E-state index contributed by atoms with van der Waals surface area (Å²) in [5, 5.41) is 9.74. The first-order valence-electron chi connectivity index (χ1n) is 8.92. The molecule has 0 bridgehead atoms. The maximum Gasteiger partial charge on any atom is 0.309 e. The summed E-state index contributed by atoms with van der Waals surface area (Å²) in [5.74, 6) is -0.0696. The third kappa shape index (κ3) is 3.61. The average Bonchev–Trinajstić information content (AvgIpc) is 2.64. The zero-order valence-electron chi connectivity index (χ0n) is 14.9. The van der Waals surface area contributed by atoms with Gasteiger partial charge in [0.25, 0.3) is 0 Å². The van der Waals surface area contributed by atoms with E-state index in [2.05, 4.69) is 0 Å². The van der Waals surface area contributed by atoms with E-state index in [-0.39, 0.29) is 11.3 Å². The van der Waals surface area contributed by atoms with Crippen LogP contribution in [0.5, 0.6) is 5.75 Å². The molecule has 1 aliphatic rings. The van der Waals surface area contributed by atoms with Crippen LogP contribution in [0, 0.1) is 5.92 Å². The summed E-state index contributed by atoms with van der Waals surface area (Å²) in [6.07, 6.45) is 0. The Morgan fingerprint density at radius 1 is 1.21 bits per heavy atom. The van der Waals surface area contributed by atoms with Gasteiger partial charge in [0.05, 0.1) is 21.9 Å². The summed E-state index contributed by atoms with van der Waals surface area (Å²) in [4.78, 5) is 25.3. The van der Waals surface area contributed by atoms with Crippen molar-refractivity contribution in [3.63, 3.8) is 0 Å². The van der Waals surface area contributed by atoms with Crippen molar-refractivity contribution in [2.24, 2.45) is 5.92 Å². The fraction of sp³-hybridized carbons (Fsp3) is 0.238. The highest BCUT2D eigenvalue weighted by atomic mass is 35.5. The van der Waals surface area contributed by atoms with Gasteiger partial charge < -0.3 is 14.3 Å². The second-order valence-corrected chi connectivity index (χ2v) is 7.14. The predicted molar refractivity (Wildman–Crippen MR) is 106 cm³/mol. The number of ether oxygens (including phenoxy) is 1. The van der Waals surface area contributed by atoms with E-state index in [0.29, 0.717) is 59.3 Å². The van der Waals surface area contributed by atoms with Gasteiger partial charge in [-0.05, 0) is 24.3 Å². The monoisotopic (exact) mass is 399 g/mol. The molecule has 7 heteroatoms. The van der Waals surface area contributed by atoms with Crippen LogP contribution in [0.15, 0.2) is 57.7 Å². The SMILES string of the molecule is O=C(O)C1CN(CCOc2ccccc2-c2cc(=O)c3cccc(Cl)c3o2)C1. The molecule has 2 heterocycles. The number of halogens is 1. The van der Waals surface area contributed by atoms with Gasteiger partial charge in [0.1, 0.15) is 18.1 Å². The van der Waals surface area contributed by atoms with Crippen LogP contribution in [-0.2, 0) is 4.79 Å². The Kier molecular flexibility index (Phi) is 5.07. The molecular weight excluding hydrogens is 382 g/mol. The number of likely N-dealkylation sites (tertiary alicyclic amines) is 1. The summed E-state index contributed by atoms with van der Waals surface area (Å²) < 4.78 is 11.8. The number of rotatable bonds is 6. The van der Waals surface area contributed by atoms with E-state index in [9.17, 15) is 9.59 Å². The lowest BCUT2D eigenvalue weighted by molar-refractivity contribution is -0.147. The molecule has 1 saturated heterocycles. The Labute approximate surface area is 165 Å². The highest BCUT2D eigenvalue weighted by Crippen LogP contribution is 2.32. The summed E-state index contributed by atoms with van der Waals surface area (Å²) in [5.41, 5.74) is 0.837. The van der Waals surface area contributed by atoms with E-state index < -0.39 is 5.97 Å². The van der Waals surface area contributed by atoms with Gasteiger partial charge in [-0.15, -0.1) is 0 Å². The molecule has 1 aliphatic heterocycles. The number of nitrogens with zero attached hydrogens (tertiary/aromatic N) is 1. The standard InChI is InChI=1S/C21H18ClNO5/c22-16-6-3-5-14-17(24)10-19(28-20(14)16)15-4-1-2-7-18(15)27-9-8-23-11-13(12-23)21(25)26/h1-7,10,13H,8-9,11-12H2,(H,25,26). The summed E-state index contributed by atoms with van der Waals surface area (Å²) in [6, 6.07) is 13.8. The second kappa shape index (κ2) is 7.66. The van der Waals surface area contributed by atoms with Gasteiger partial charge in [-0.25, -0.2) is 0 Å². The minimum Gasteiger partial charge on any atom is -0.491 e. The van der Waals surface area contributed by atoms with Crippen LogP contribution in [0.25, 0.3) is 22.3 Å². The summed E-state index contributed by atoms with van der Waals surface area (Å²) >= 11 is 6.19. The minimum atomic E-state index is -0.757. The molecule has 0 radical (unpaired) electrons. The molecular formula is C21H18ClNO5. The summed E-state index contributed by atoms with van der Waals surface area (Å²) in [6.45, 7) is 2.12. The van der Waals surface area contributed by atoms with E-state index in [1.807, 2.05) is 29.2 Å². The number of aliphatic carboxylic acids is 1. The van der Waals surface area contributed by atoms with Crippen LogP contribution in [0.1, 0.15) is 0 Å². The van der Waals surface area contributed by atoms with Crippen LogP contribution < -0.4 is 10.2 Å². The van der Waals surface area contributed by atoms with Gasteiger partial charge in [-0.2, -0.15) is 0 Å². The Morgan fingerprint density at radius 3 is 2.79 bits per heavy atom. The molecule has 0 saturated carbocycles. The Morgan fingerprint density at radius 2 is 2.00 bits per heavy atom. The number of benzene rings is 2. The van der Waals surface area contributed by atoms with Crippen molar-refractivity contribution in [3.8, 4) is 17.1 Å². The molecule has 2 aromatic carbocycles. The molecule has 3 aromatic rings. The molecule has 0 atom stereocenters. The molecule has 1 aromatic heterocycles. The van der Waals surface area contributed by atoms with Crippen molar-refractivity contribution in [1.82, 2.24) is 4.90 Å². The normalized spacial score (nSPS) is 14.8. The second-order valence-electron chi connectivity index (χ2n) is 6.73. The van der Waals surface area contributed by atoms with Crippen LogP contribution in [0.3, 0.4) is 0 Å². The third-order valence-corrected chi connectivity index (χ3v) is 5.13. The van der Waals surface area contributed by atoms with Gasteiger partial charge in [0.2, 0.25) is 0 Å². The van der Waals surface area contributed by atoms with Crippen molar-refractivity contribution in [1.29, 1.82) is 0 Å². The van der Waals surface area contributed by atoms with Gasteiger partial charge in [0.15, 0.2) is 11.0 Å². The number of hydrogen-bond donors (Lipinski definition) is 1. The van der Waals surface area contributed by atoms with Gasteiger partial charge >= 0.3 is 5.97 Å². The topological polar surface area (TPSA) is 80.0 Å². The quantitative estimate of drug-likeness (QED) is 0.683. The molecule has 4 rings (SSSR count). The van der Waals surface area contributed by atoms with E-state index in [4.69, 9.17) is 25.9 Å². The number of hydrogen-bond acceptors (Lipinski definition) is 5. The van der Waals surface area contributed by atoms with Gasteiger partial charge in [-0.3, -0.25) is 14.5 Å². The average molecular weight is 400 g/mol. The van der Waals surface area contributed by atoms with Crippen LogP contribution in [0.2, 0.25) is 5.02 Å². The first-order chi connectivity index (χ1) is 13.5. The molecule has 28 heavy (non-hydrogen) atoms. The molecule has 0 spiro atoms. The smallest absolute Gasteiger partial charge is 0.309 e. The molecule has 0 unspecified atom stereocenters. The van der Waals surface area contributed by atoms with Crippen LogP contribution >= 0.6 is 11.6 Å². The van der Waals surface area contributed by atoms with Gasteiger partial charge in [0, 0.05) is 25.7 Å². The maximum absolute atomic E-state index is 12.5. The number of para-hydroxylation sites is 2. The van der Waals surface area contributed by atoms with Gasteiger partial charge in [-0.1, -0.05) is 29.8 Å². The number of carboxylic acid groups (broad SMARTS) is 1. The third-order valence-electron chi connectivity index (χ3n) is 4.83. The zero-order chi connectivity index (χ0) is 19.7. The first-order valence-corrected chi connectivity index (χ1v) is 9.30.